The van der Waals surface area contributed by atoms with Crippen LogP contribution in [0.2, 0.25) is 0 Å². The zero-order valence-electron chi connectivity index (χ0n) is 19.8. The van der Waals surface area contributed by atoms with Crippen molar-refractivity contribution in [2.24, 2.45) is 0 Å². The second kappa shape index (κ2) is 10.1. The highest BCUT2D eigenvalue weighted by molar-refractivity contribution is 7.99. The van der Waals surface area contributed by atoms with Crippen LogP contribution in [0.5, 0.6) is 0 Å². The number of anilines is 1. The number of fused-ring (bicyclic) bond motifs is 1. The summed E-state index contributed by atoms with van der Waals surface area (Å²) in [6, 6.07) is 3.36. The van der Waals surface area contributed by atoms with Gasteiger partial charge in [-0.25, -0.2) is 18.6 Å². The van der Waals surface area contributed by atoms with Crippen molar-refractivity contribution < 1.29 is 18.3 Å². The van der Waals surface area contributed by atoms with Gasteiger partial charge < -0.3 is 19.9 Å². The molecule has 0 unspecified atom stereocenters. The second-order valence-corrected chi connectivity index (χ2v) is 11.3. The quantitative estimate of drug-likeness (QED) is 0.609. The first-order valence-electron chi connectivity index (χ1n) is 11.8. The number of halogens is 2. The van der Waals surface area contributed by atoms with E-state index in [1.807, 2.05) is 0 Å². The topological polar surface area (TPSA) is 87.3 Å². The number of hydrogen-bond donors (Lipinski definition) is 2. The van der Waals surface area contributed by atoms with E-state index in [-0.39, 0.29) is 28.5 Å². The van der Waals surface area contributed by atoms with Crippen molar-refractivity contribution >= 4 is 34.4 Å². The van der Waals surface area contributed by atoms with Crippen LogP contribution in [0.3, 0.4) is 0 Å². The number of ether oxygens (including phenoxy) is 1. The molecule has 186 valence electrons. The van der Waals surface area contributed by atoms with E-state index in [4.69, 9.17) is 4.74 Å². The van der Waals surface area contributed by atoms with E-state index in [0.717, 1.165) is 25.7 Å². The summed E-state index contributed by atoms with van der Waals surface area (Å²) in [4.78, 5) is 33.2. The van der Waals surface area contributed by atoms with Crippen molar-refractivity contribution in [2.45, 2.75) is 81.7 Å². The normalized spacial score (nSPS) is 21.7. The fraction of sp³-hybridized carbons (Fsp3) is 0.625. The Bertz CT molecular complexity index is 1100. The third kappa shape index (κ3) is 6.00. The SMILES string of the molecule is CC(C)(C)OC(=O)N1CC[C@@H](SCc2nc3cc(NC4CCCC4)cc(F)c3c(=O)[nH]2)[C@@H](F)C1. The lowest BCUT2D eigenvalue weighted by atomic mass is 10.1. The standard InChI is InChI=1S/C24H32F2N4O3S/c1-24(2,3)33-23(32)30-9-8-19(17(26)12-30)34-13-20-28-18-11-15(27-14-6-4-5-7-14)10-16(25)21(18)22(31)29-20/h10-11,14,17,19,27H,4-9,12-13H2,1-3H3,(H,28,29,31)/t17-,19+/m0/s1. The number of nitrogens with zero attached hydrogens (tertiary/aromatic N) is 2. The van der Waals surface area contributed by atoms with Crippen molar-refractivity contribution in [1.29, 1.82) is 0 Å². The van der Waals surface area contributed by atoms with E-state index in [2.05, 4.69) is 15.3 Å². The Balaban J connectivity index is 1.41. The van der Waals surface area contributed by atoms with Gasteiger partial charge in [0.1, 0.15) is 28.8 Å². The predicted octanol–water partition coefficient (Wildman–Crippen LogP) is 5.00. The van der Waals surface area contributed by atoms with Gasteiger partial charge in [-0.2, -0.15) is 0 Å². The van der Waals surface area contributed by atoms with Crippen LogP contribution in [0, 0.1) is 5.82 Å². The molecular weight excluding hydrogens is 462 g/mol. The van der Waals surface area contributed by atoms with Gasteiger partial charge in [0.05, 0.1) is 17.8 Å². The number of benzene rings is 1. The molecule has 2 heterocycles. The summed E-state index contributed by atoms with van der Waals surface area (Å²) >= 11 is 1.34. The number of amides is 1. The Morgan fingerprint density at radius 1 is 1.29 bits per heavy atom. The maximum atomic E-state index is 14.8. The van der Waals surface area contributed by atoms with Gasteiger partial charge in [0.15, 0.2) is 0 Å². The fourth-order valence-electron chi connectivity index (χ4n) is 4.48. The Morgan fingerprint density at radius 3 is 2.71 bits per heavy atom. The average molecular weight is 495 g/mol. The number of H-pyrrole nitrogens is 1. The first-order valence-corrected chi connectivity index (χ1v) is 12.9. The summed E-state index contributed by atoms with van der Waals surface area (Å²) in [5.41, 5.74) is -0.265. The molecule has 2 atom stereocenters. The lowest BCUT2D eigenvalue weighted by Gasteiger charge is -2.35. The van der Waals surface area contributed by atoms with Crippen LogP contribution >= 0.6 is 11.8 Å². The van der Waals surface area contributed by atoms with Gasteiger partial charge in [-0.1, -0.05) is 12.8 Å². The highest BCUT2D eigenvalue weighted by Gasteiger charge is 2.34. The number of likely N-dealkylation sites (tertiary alicyclic amines) is 1. The summed E-state index contributed by atoms with van der Waals surface area (Å²) in [7, 11) is 0. The van der Waals surface area contributed by atoms with Gasteiger partial charge >= 0.3 is 6.09 Å². The van der Waals surface area contributed by atoms with Crippen molar-refractivity contribution in [3.8, 4) is 0 Å². The highest BCUT2D eigenvalue weighted by atomic mass is 32.2. The minimum atomic E-state index is -1.22. The molecule has 7 nitrogen and oxygen atoms in total. The van der Waals surface area contributed by atoms with Gasteiger partial charge in [-0.15, -0.1) is 11.8 Å². The molecule has 1 aromatic heterocycles. The third-order valence-corrected chi connectivity index (χ3v) is 7.50. The number of aromatic amines is 1. The van der Waals surface area contributed by atoms with Gasteiger partial charge in [0.25, 0.3) is 5.56 Å². The van der Waals surface area contributed by atoms with Crippen LogP contribution in [-0.2, 0) is 10.5 Å². The number of rotatable bonds is 5. The number of alkyl halides is 1. The molecule has 34 heavy (non-hydrogen) atoms. The van der Waals surface area contributed by atoms with Crippen molar-refractivity contribution in [3.63, 3.8) is 0 Å². The van der Waals surface area contributed by atoms with E-state index < -0.39 is 29.2 Å². The molecule has 2 N–H and O–H groups in total. The van der Waals surface area contributed by atoms with E-state index in [1.54, 1.807) is 26.8 Å². The van der Waals surface area contributed by atoms with E-state index in [1.165, 1.54) is 22.7 Å². The number of piperidine rings is 1. The second-order valence-electron chi connectivity index (χ2n) is 10.1. The molecule has 1 amide bonds. The Hall–Kier alpha value is -2.36. The fourth-order valence-corrected chi connectivity index (χ4v) is 5.55. The third-order valence-electron chi connectivity index (χ3n) is 6.10. The van der Waals surface area contributed by atoms with Crippen LogP contribution < -0.4 is 10.9 Å². The lowest BCUT2D eigenvalue weighted by molar-refractivity contribution is 0.0146. The molecule has 2 fully saturated rings. The Kier molecular flexibility index (Phi) is 7.35. The van der Waals surface area contributed by atoms with Gasteiger partial charge in [0, 0.05) is 23.5 Å². The maximum absolute atomic E-state index is 14.8. The maximum Gasteiger partial charge on any atom is 0.410 e. The van der Waals surface area contributed by atoms with Crippen molar-refractivity contribution in [3.05, 3.63) is 34.1 Å². The van der Waals surface area contributed by atoms with Gasteiger partial charge in [-0.3, -0.25) is 4.79 Å². The summed E-state index contributed by atoms with van der Waals surface area (Å²) in [5, 5.41) is 2.93. The van der Waals surface area contributed by atoms with Crippen LogP contribution in [-0.4, -0.2) is 57.1 Å². The first kappa shape index (κ1) is 24.8. The Labute approximate surface area is 202 Å². The number of nitrogens with one attached hydrogen (secondary N) is 2. The molecule has 1 saturated carbocycles. The minimum absolute atomic E-state index is 0.0321. The van der Waals surface area contributed by atoms with Crippen LogP contribution in [0.15, 0.2) is 16.9 Å². The molecule has 1 saturated heterocycles. The number of carbonyl (C=O) groups is 1. The molecule has 1 aliphatic carbocycles. The Morgan fingerprint density at radius 2 is 2.03 bits per heavy atom. The summed E-state index contributed by atoms with van der Waals surface area (Å²) in [5.74, 6) is 0.0518. The van der Waals surface area contributed by atoms with Crippen molar-refractivity contribution in [1.82, 2.24) is 14.9 Å². The zero-order chi connectivity index (χ0) is 24.5. The van der Waals surface area contributed by atoms with Crippen LogP contribution in [0.4, 0.5) is 19.3 Å². The molecular formula is C24H32F2N4O3S. The minimum Gasteiger partial charge on any atom is -0.444 e. The van der Waals surface area contributed by atoms with Crippen molar-refractivity contribution in [2.75, 3.05) is 18.4 Å². The average Bonchev–Trinajstić information content (AvgIpc) is 3.24. The molecule has 2 aliphatic rings. The molecule has 0 spiro atoms. The van der Waals surface area contributed by atoms with Crippen LogP contribution in [0.25, 0.3) is 10.9 Å². The molecule has 0 radical (unpaired) electrons. The van der Waals surface area contributed by atoms with E-state index in [9.17, 15) is 18.4 Å². The zero-order valence-corrected chi connectivity index (χ0v) is 20.6. The van der Waals surface area contributed by atoms with E-state index in [0.29, 0.717) is 30.5 Å². The highest BCUT2D eigenvalue weighted by Crippen LogP contribution is 2.30. The van der Waals surface area contributed by atoms with Gasteiger partial charge in [-0.05, 0) is 52.2 Å². The largest absolute Gasteiger partial charge is 0.444 e. The summed E-state index contributed by atoms with van der Waals surface area (Å²) < 4.78 is 34.8. The lowest BCUT2D eigenvalue weighted by Crippen LogP contribution is -2.47. The molecule has 1 aliphatic heterocycles. The number of thioether (sulfide) groups is 1. The molecule has 10 heteroatoms. The molecule has 2 aromatic rings. The van der Waals surface area contributed by atoms with Gasteiger partial charge in [0.2, 0.25) is 0 Å². The first-order chi connectivity index (χ1) is 16.1. The smallest absolute Gasteiger partial charge is 0.410 e. The summed E-state index contributed by atoms with van der Waals surface area (Å²) in [6.07, 6.45) is 3.12. The number of hydrogen-bond acceptors (Lipinski definition) is 6. The monoisotopic (exact) mass is 494 g/mol. The molecule has 0 bridgehead atoms. The molecule has 4 rings (SSSR count). The summed E-state index contributed by atoms with van der Waals surface area (Å²) in [6.45, 7) is 5.69. The van der Waals surface area contributed by atoms with E-state index >= 15 is 0 Å². The number of carbonyl (C=O) groups excluding carboxylic acids is 1. The predicted molar refractivity (Wildman–Crippen MR) is 131 cm³/mol. The number of aromatic nitrogens is 2. The van der Waals surface area contributed by atoms with Crippen LogP contribution in [0.1, 0.15) is 58.7 Å². The molecule has 1 aromatic carbocycles.